The number of benzene rings is 3. The zero-order valence-corrected chi connectivity index (χ0v) is 15.8. The van der Waals surface area contributed by atoms with E-state index in [4.69, 9.17) is 11.6 Å². The van der Waals surface area contributed by atoms with Crippen LogP contribution in [0.1, 0.15) is 16.7 Å². The van der Waals surface area contributed by atoms with E-state index < -0.39 is 34.1 Å². The molecule has 0 aliphatic carbocycles. The molecule has 0 aromatic heterocycles. The Balaban J connectivity index is 1.91. The van der Waals surface area contributed by atoms with Crippen LogP contribution < -0.4 is 0 Å². The summed E-state index contributed by atoms with van der Waals surface area (Å²) in [6.45, 7) is 0. The number of alkyl halides is 3. The number of hydrogen-bond acceptors (Lipinski definition) is 2. The first kappa shape index (κ1) is 20.0. The van der Waals surface area contributed by atoms with Crippen LogP contribution in [0.5, 0.6) is 0 Å². The van der Waals surface area contributed by atoms with Gasteiger partial charge in [0, 0.05) is 11.1 Å². The van der Waals surface area contributed by atoms with Gasteiger partial charge in [0.2, 0.25) is 0 Å². The highest BCUT2D eigenvalue weighted by molar-refractivity contribution is 6.33. The highest BCUT2D eigenvalue weighted by atomic mass is 35.5. The summed E-state index contributed by atoms with van der Waals surface area (Å²) in [7, 11) is 0. The van der Waals surface area contributed by atoms with Crippen LogP contribution in [0.4, 0.5) is 17.6 Å². The molecule has 4 rings (SSSR count). The van der Waals surface area contributed by atoms with Gasteiger partial charge in [-0.2, -0.15) is 13.2 Å². The average molecular weight is 431 g/mol. The average Bonchev–Trinajstić information content (AvgIpc) is 3.11. The molecule has 0 fully saturated rings. The van der Waals surface area contributed by atoms with Crippen molar-refractivity contribution in [2.24, 2.45) is 10.2 Å². The zero-order valence-electron chi connectivity index (χ0n) is 15.0. The van der Waals surface area contributed by atoms with Crippen molar-refractivity contribution in [3.05, 3.63) is 94.3 Å². The maximum Gasteiger partial charge on any atom is 0.416 e. The minimum absolute atomic E-state index is 0.0212. The Morgan fingerprint density at radius 1 is 0.800 bits per heavy atom. The second-order valence-electron chi connectivity index (χ2n) is 6.49. The van der Waals surface area contributed by atoms with Crippen LogP contribution in [0.15, 0.2) is 77.0 Å². The maximum absolute atomic E-state index is 14.7. The van der Waals surface area contributed by atoms with Crippen molar-refractivity contribution in [1.29, 1.82) is 0 Å². The Kier molecular flexibility index (Phi) is 4.99. The second-order valence-corrected chi connectivity index (χ2v) is 6.90. The number of rotatable bonds is 3. The molecule has 30 heavy (non-hydrogen) atoms. The van der Waals surface area contributed by atoms with Crippen molar-refractivity contribution < 1.29 is 22.4 Å². The molecule has 0 radical (unpaired) electrons. The molecule has 3 aromatic carbocycles. The lowest BCUT2D eigenvalue weighted by Crippen LogP contribution is -2.08. The van der Waals surface area contributed by atoms with E-state index in [0.29, 0.717) is 17.7 Å². The van der Waals surface area contributed by atoms with Crippen molar-refractivity contribution in [2.45, 2.75) is 6.18 Å². The maximum atomic E-state index is 14.7. The van der Waals surface area contributed by atoms with Gasteiger partial charge < -0.3 is 0 Å². The molecule has 0 N–H and O–H groups in total. The standard InChI is InChI=1S/C22H11ClF4N2O/c23-17-11-15(22(25,26)27)10-16(19(17)24)18-20(28-29-21(18)30)14-8-4-7-13(9-14)12-5-2-1-3-6-12/h1-11H. The fraction of sp³-hybridized carbons (Fsp3) is 0.0455. The van der Waals surface area contributed by atoms with Crippen molar-refractivity contribution in [1.82, 2.24) is 0 Å². The van der Waals surface area contributed by atoms with Gasteiger partial charge >= 0.3 is 6.18 Å². The largest absolute Gasteiger partial charge is 0.416 e. The summed E-state index contributed by atoms with van der Waals surface area (Å²) < 4.78 is 54.2. The fourth-order valence-electron chi connectivity index (χ4n) is 3.15. The number of azo groups is 1. The molecule has 1 aliphatic heterocycles. The molecule has 0 atom stereocenters. The van der Waals surface area contributed by atoms with Gasteiger partial charge in [-0.3, -0.25) is 4.79 Å². The lowest BCUT2D eigenvalue weighted by molar-refractivity contribution is -0.137. The van der Waals surface area contributed by atoms with Gasteiger partial charge in [0.15, 0.2) is 0 Å². The Bertz CT molecular complexity index is 1220. The van der Waals surface area contributed by atoms with Crippen molar-refractivity contribution in [3.63, 3.8) is 0 Å². The molecule has 8 heteroatoms. The third-order valence-electron chi connectivity index (χ3n) is 4.56. The van der Waals surface area contributed by atoms with Crippen LogP contribution in [0.25, 0.3) is 22.4 Å². The molecule has 0 unspecified atom stereocenters. The molecule has 0 bridgehead atoms. The third kappa shape index (κ3) is 3.64. The van der Waals surface area contributed by atoms with Crippen LogP contribution >= 0.6 is 11.6 Å². The van der Waals surface area contributed by atoms with Crippen LogP contribution in [-0.2, 0) is 11.0 Å². The van der Waals surface area contributed by atoms with Crippen LogP contribution in [-0.4, -0.2) is 5.91 Å². The fourth-order valence-corrected chi connectivity index (χ4v) is 3.37. The Hall–Kier alpha value is -3.32. The molecular weight excluding hydrogens is 420 g/mol. The molecule has 1 heterocycles. The minimum Gasteiger partial charge on any atom is -0.265 e. The number of halogens is 5. The zero-order chi connectivity index (χ0) is 21.5. The van der Waals surface area contributed by atoms with Gasteiger partial charge in [0.05, 0.1) is 16.2 Å². The van der Waals surface area contributed by atoms with Gasteiger partial charge in [0.25, 0.3) is 5.91 Å². The predicted molar refractivity (Wildman–Crippen MR) is 105 cm³/mol. The smallest absolute Gasteiger partial charge is 0.265 e. The highest BCUT2D eigenvalue weighted by Crippen LogP contribution is 2.40. The molecule has 1 aliphatic rings. The Morgan fingerprint density at radius 3 is 2.17 bits per heavy atom. The first-order valence-electron chi connectivity index (χ1n) is 8.68. The van der Waals surface area contributed by atoms with E-state index in [1.165, 1.54) is 0 Å². The number of hydrogen-bond donors (Lipinski definition) is 0. The Morgan fingerprint density at radius 2 is 1.47 bits per heavy atom. The monoisotopic (exact) mass is 430 g/mol. The van der Waals surface area contributed by atoms with E-state index >= 15 is 0 Å². The van der Waals surface area contributed by atoms with E-state index in [0.717, 1.165) is 11.1 Å². The predicted octanol–water partition coefficient (Wildman–Crippen LogP) is 7.03. The normalized spacial score (nSPS) is 14.0. The summed E-state index contributed by atoms with van der Waals surface area (Å²) in [5.74, 6) is -2.08. The van der Waals surface area contributed by atoms with Gasteiger partial charge in [0.1, 0.15) is 11.5 Å². The summed E-state index contributed by atoms with van der Waals surface area (Å²) in [4.78, 5) is 12.3. The molecular formula is C22H11ClF4N2O. The summed E-state index contributed by atoms with van der Waals surface area (Å²) in [6, 6.07) is 17.2. The number of carbonyl (C=O) groups excluding carboxylic acids is 1. The quantitative estimate of drug-likeness (QED) is 0.411. The SMILES string of the molecule is O=C1N=NC(c2cccc(-c3ccccc3)c2)=C1c1cc(C(F)(F)F)cc(Cl)c1F. The Labute approximate surface area is 173 Å². The number of amides is 1. The van der Waals surface area contributed by atoms with E-state index in [9.17, 15) is 22.4 Å². The molecule has 3 aromatic rings. The lowest BCUT2D eigenvalue weighted by Gasteiger charge is -2.12. The van der Waals surface area contributed by atoms with Gasteiger partial charge in [-0.05, 0) is 29.3 Å². The summed E-state index contributed by atoms with van der Waals surface area (Å²) in [5.41, 5.74) is -0.0711. The van der Waals surface area contributed by atoms with E-state index in [1.807, 2.05) is 36.4 Å². The van der Waals surface area contributed by atoms with Crippen molar-refractivity contribution in [2.75, 3.05) is 0 Å². The van der Waals surface area contributed by atoms with E-state index in [1.54, 1.807) is 18.2 Å². The van der Waals surface area contributed by atoms with E-state index in [2.05, 4.69) is 10.2 Å². The molecule has 0 spiro atoms. The van der Waals surface area contributed by atoms with Crippen LogP contribution in [0, 0.1) is 5.82 Å². The highest BCUT2D eigenvalue weighted by Gasteiger charge is 2.35. The molecule has 0 saturated heterocycles. The molecule has 1 amide bonds. The molecule has 150 valence electrons. The van der Waals surface area contributed by atoms with Crippen LogP contribution in [0.3, 0.4) is 0 Å². The summed E-state index contributed by atoms with van der Waals surface area (Å²) in [6.07, 6.45) is -4.77. The third-order valence-corrected chi connectivity index (χ3v) is 4.83. The first-order chi connectivity index (χ1) is 14.3. The van der Waals surface area contributed by atoms with Crippen LogP contribution in [0.2, 0.25) is 5.02 Å². The molecule has 3 nitrogen and oxygen atoms in total. The van der Waals surface area contributed by atoms with Gasteiger partial charge in [-0.25, -0.2) is 4.39 Å². The van der Waals surface area contributed by atoms with Gasteiger partial charge in [-0.1, -0.05) is 60.1 Å². The summed E-state index contributed by atoms with van der Waals surface area (Å²) >= 11 is 5.68. The van der Waals surface area contributed by atoms with Gasteiger partial charge in [-0.15, -0.1) is 10.2 Å². The van der Waals surface area contributed by atoms with Crippen molar-refractivity contribution >= 4 is 28.8 Å². The van der Waals surface area contributed by atoms with E-state index in [-0.39, 0.29) is 11.3 Å². The summed E-state index contributed by atoms with van der Waals surface area (Å²) in [5, 5.41) is 6.50. The minimum atomic E-state index is -4.77. The lowest BCUT2D eigenvalue weighted by atomic mass is 9.95. The van der Waals surface area contributed by atoms with Crippen molar-refractivity contribution in [3.8, 4) is 11.1 Å². The number of carbonyl (C=O) groups is 1. The number of nitrogens with zero attached hydrogens (tertiary/aromatic N) is 2. The molecule has 0 saturated carbocycles. The second kappa shape index (κ2) is 7.50. The first-order valence-corrected chi connectivity index (χ1v) is 9.06. The topological polar surface area (TPSA) is 41.8 Å².